The lowest BCUT2D eigenvalue weighted by Gasteiger charge is -2.44. The standard InChI is InChI=1S/C13H17F2N3O2S/c14-10-5-9(16)6-12(13(10)15)21(19,20)17-11-7-18-3-1-8(11)2-4-18/h5-6,8,11,17H,1-4,7,16H2. The number of nitrogens with one attached hydrogen (secondary N) is 1. The number of hydrogen-bond donors (Lipinski definition) is 2. The number of benzene rings is 1. The summed E-state index contributed by atoms with van der Waals surface area (Å²) in [6, 6.07) is 1.45. The molecule has 0 aliphatic carbocycles. The van der Waals surface area contributed by atoms with Gasteiger partial charge in [-0.05, 0) is 44.0 Å². The number of rotatable bonds is 3. The van der Waals surface area contributed by atoms with Crippen molar-refractivity contribution in [2.45, 2.75) is 23.8 Å². The fourth-order valence-corrected chi connectivity index (χ4v) is 4.56. The minimum absolute atomic E-state index is 0.122. The largest absolute Gasteiger partial charge is 0.399 e. The van der Waals surface area contributed by atoms with E-state index in [2.05, 4.69) is 9.62 Å². The third kappa shape index (κ3) is 2.75. The Morgan fingerprint density at radius 2 is 1.90 bits per heavy atom. The summed E-state index contributed by atoms with van der Waals surface area (Å²) in [5, 5.41) is 0. The van der Waals surface area contributed by atoms with Gasteiger partial charge in [-0.15, -0.1) is 0 Å². The first-order valence-corrected chi connectivity index (χ1v) is 8.34. The summed E-state index contributed by atoms with van der Waals surface area (Å²) in [6.07, 6.45) is 1.84. The normalized spacial score (nSPS) is 28.8. The Hall–Kier alpha value is -1.25. The van der Waals surface area contributed by atoms with Crippen LogP contribution in [0.1, 0.15) is 12.8 Å². The highest BCUT2D eigenvalue weighted by Crippen LogP contribution is 2.29. The Kier molecular flexibility index (Phi) is 3.62. The lowest BCUT2D eigenvalue weighted by atomic mass is 9.85. The molecule has 116 valence electrons. The number of anilines is 1. The molecule has 0 radical (unpaired) electrons. The maximum Gasteiger partial charge on any atom is 0.243 e. The zero-order valence-corrected chi connectivity index (χ0v) is 12.2. The van der Waals surface area contributed by atoms with Gasteiger partial charge >= 0.3 is 0 Å². The van der Waals surface area contributed by atoms with Crippen molar-refractivity contribution in [3.05, 3.63) is 23.8 Å². The van der Waals surface area contributed by atoms with Crippen molar-refractivity contribution in [2.75, 3.05) is 25.4 Å². The average molecular weight is 317 g/mol. The molecule has 5 nitrogen and oxygen atoms in total. The SMILES string of the molecule is Nc1cc(F)c(F)c(S(=O)(=O)NC2CN3CCC2CC3)c1. The van der Waals surface area contributed by atoms with Crippen molar-refractivity contribution in [1.29, 1.82) is 0 Å². The summed E-state index contributed by atoms with van der Waals surface area (Å²) in [4.78, 5) is 1.44. The molecule has 21 heavy (non-hydrogen) atoms. The minimum Gasteiger partial charge on any atom is -0.399 e. The first-order valence-electron chi connectivity index (χ1n) is 6.86. The van der Waals surface area contributed by atoms with Gasteiger partial charge in [0.1, 0.15) is 4.90 Å². The highest BCUT2D eigenvalue weighted by atomic mass is 32.2. The number of nitrogens with two attached hydrogens (primary N) is 1. The Morgan fingerprint density at radius 1 is 1.24 bits per heavy atom. The number of hydrogen-bond acceptors (Lipinski definition) is 4. The van der Waals surface area contributed by atoms with Crippen LogP contribution in [0.5, 0.6) is 0 Å². The van der Waals surface area contributed by atoms with Crippen LogP contribution in [0.3, 0.4) is 0 Å². The molecule has 3 heterocycles. The smallest absolute Gasteiger partial charge is 0.243 e. The minimum atomic E-state index is -4.13. The molecule has 1 atom stereocenters. The van der Waals surface area contributed by atoms with Crippen molar-refractivity contribution in [3.8, 4) is 0 Å². The van der Waals surface area contributed by atoms with Crippen LogP contribution < -0.4 is 10.5 Å². The van der Waals surface area contributed by atoms with Crippen molar-refractivity contribution < 1.29 is 17.2 Å². The molecule has 3 saturated heterocycles. The molecule has 4 rings (SSSR count). The van der Waals surface area contributed by atoms with E-state index >= 15 is 0 Å². The maximum atomic E-state index is 13.8. The first-order chi connectivity index (χ1) is 9.87. The average Bonchev–Trinajstić information content (AvgIpc) is 2.43. The topological polar surface area (TPSA) is 75.4 Å². The van der Waals surface area contributed by atoms with Gasteiger partial charge in [0.15, 0.2) is 11.6 Å². The van der Waals surface area contributed by atoms with E-state index in [1.807, 2.05) is 0 Å². The van der Waals surface area contributed by atoms with Gasteiger partial charge in [0.2, 0.25) is 10.0 Å². The second-order valence-corrected chi connectivity index (χ2v) is 7.36. The predicted octanol–water partition coefficient (Wildman–Crippen LogP) is 0.919. The lowest BCUT2D eigenvalue weighted by molar-refractivity contribution is 0.0826. The van der Waals surface area contributed by atoms with Crippen LogP contribution in [0, 0.1) is 17.6 Å². The molecule has 1 unspecified atom stereocenters. The molecule has 8 heteroatoms. The predicted molar refractivity (Wildman–Crippen MR) is 74.0 cm³/mol. The van der Waals surface area contributed by atoms with E-state index in [9.17, 15) is 17.2 Å². The van der Waals surface area contributed by atoms with Crippen LogP contribution >= 0.6 is 0 Å². The molecule has 0 aromatic heterocycles. The summed E-state index contributed by atoms with van der Waals surface area (Å²) in [5.41, 5.74) is 5.29. The van der Waals surface area contributed by atoms with Crippen molar-refractivity contribution in [2.24, 2.45) is 5.92 Å². The summed E-state index contributed by atoms with van der Waals surface area (Å²) in [6.45, 7) is 2.53. The molecule has 3 aliphatic rings. The van der Waals surface area contributed by atoms with Gasteiger partial charge in [0, 0.05) is 18.3 Å². The van der Waals surface area contributed by atoms with Crippen LogP contribution in [0.25, 0.3) is 0 Å². The van der Waals surface area contributed by atoms with Gasteiger partial charge in [0.25, 0.3) is 0 Å². The summed E-state index contributed by atoms with van der Waals surface area (Å²) < 4.78 is 54.2. The van der Waals surface area contributed by atoms with Gasteiger partial charge in [-0.25, -0.2) is 21.9 Å². The van der Waals surface area contributed by atoms with Gasteiger partial charge < -0.3 is 10.6 Å². The van der Waals surface area contributed by atoms with Crippen molar-refractivity contribution in [3.63, 3.8) is 0 Å². The van der Waals surface area contributed by atoms with Crippen molar-refractivity contribution in [1.82, 2.24) is 9.62 Å². The van der Waals surface area contributed by atoms with E-state index in [1.165, 1.54) is 0 Å². The maximum absolute atomic E-state index is 13.8. The summed E-state index contributed by atoms with van der Waals surface area (Å²) in [7, 11) is -4.13. The fraction of sp³-hybridized carbons (Fsp3) is 0.538. The fourth-order valence-electron chi connectivity index (χ4n) is 3.14. The number of nitrogen functional groups attached to an aromatic ring is 1. The Labute approximate surface area is 122 Å². The van der Waals surface area contributed by atoms with E-state index in [1.54, 1.807) is 0 Å². The molecule has 2 bridgehead atoms. The molecule has 0 saturated carbocycles. The zero-order chi connectivity index (χ0) is 15.2. The molecule has 3 aliphatic heterocycles. The van der Waals surface area contributed by atoms with Gasteiger partial charge in [0.05, 0.1) is 0 Å². The Balaban J connectivity index is 1.88. The van der Waals surface area contributed by atoms with E-state index in [0.29, 0.717) is 6.54 Å². The summed E-state index contributed by atoms with van der Waals surface area (Å²) >= 11 is 0. The summed E-state index contributed by atoms with van der Waals surface area (Å²) in [5.74, 6) is -2.40. The lowest BCUT2D eigenvalue weighted by Crippen LogP contribution is -2.57. The number of fused-ring (bicyclic) bond motifs is 3. The second kappa shape index (κ2) is 5.19. The molecular weight excluding hydrogens is 300 g/mol. The van der Waals surface area contributed by atoms with Crippen LogP contribution in [0.4, 0.5) is 14.5 Å². The van der Waals surface area contributed by atoms with Crippen LogP contribution in [0.2, 0.25) is 0 Å². The van der Waals surface area contributed by atoms with Gasteiger partial charge in [-0.2, -0.15) is 0 Å². The van der Waals surface area contributed by atoms with Crippen LogP contribution in [0.15, 0.2) is 17.0 Å². The van der Waals surface area contributed by atoms with E-state index in [0.717, 1.165) is 38.1 Å². The van der Waals surface area contributed by atoms with Crippen LogP contribution in [-0.4, -0.2) is 39.0 Å². The van der Waals surface area contributed by atoms with Gasteiger partial charge in [-0.3, -0.25) is 0 Å². The molecule has 0 spiro atoms. The van der Waals surface area contributed by atoms with E-state index in [-0.39, 0.29) is 17.6 Å². The highest BCUT2D eigenvalue weighted by molar-refractivity contribution is 7.89. The number of nitrogens with zero attached hydrogens (tertiary/aromatic N) is 1. The third-order valence-corrected chi connectivity index (χ3v) is 5.76. The van der Waals surface area contributed by atoms with Crippen molar-refractivity contribution >= 4 is 15.7 Å². The molecule has 3 N–H and O–H groups in total. The zero-order valence-electron chi connectivity index (χ0n) is 11.4. The van der Waals surface area contributed by atoms with E-state index < -0.39 is 26.6 Å². The number of halogens is 2. The Morgan fingerprint density at radius 3 is 2.48 bits per heavy atom. The second-order valence-electron chi connectivity index (χ2n) is 5.68. The molecule has 3 fully saturated rings. The van der Waals surface area contributed by atoms with E-state index in [4.69, 9.17) is 5.73 Å². The third-order valence-electron chi connectivity index (χ3n) is 4.27. The molecule has 0 amide bonds. The van der Waals surface area contributed by atoms with Gasteiger partial charge in [-0.1, -0.05) is 0 Å². The monoisotopic (exact) mass is 317 g/mol. The number of sulfonamides is 1. The molecular formula is C13H17F2N3O2S. The highest BCUT2D eigenvalue weighted by Gasteiger charge is 2.37. The molecule has 1 aromatic rings. The number of piperidine rings is 3. The first kappa shape index (κ1) is 14.7. The molecule has 1 aromatic carbocycles. The van der Waals surface area contributed by atoms with Crippen LogP contribution in [-0.2, 0) is 10.0 Å². The quantitative estimate of drug-likeness (QED) is 0.813. The Bertz CT molecular complexity index is 658.